The van der Waals surface area contributed by atoms with Crippen LogP contribution in [0.4, 0.5) is 0 Å². The maximum Gasteiger partial charge on any atom is 0.154 e. The van der Waals surface area contributed by atoms with Gasteiger partial charge in [0.25, 0.3) is 0 Å². The molecular weight excluding hydrogens is 238 g/mol. The minimum atomic E-state index is 0.0610. The molecule has 19 heavy (non-hydrogen) atoms. The number of rotatable bonds is 3. The van der Waals surface area contributed by atoms with Gasteiger partial charge in [0.1, 0.15) is 11.5 Å². The SMILES string of the molecule is CNC1Cc2cccc(-c3ccccc3OC)c2O1. The first-order valence-electron chi connectivity index (χ1n) is 6.42. The number of hydrogen-bond acceptors (Lipinski definition) is 3. The van der Waals surface area contributed by atoms with Gasteiger partial charge in [-0.3, -0.25) is 5.32 Å². The van der Waals surface area contributed by atoms with Crippen LogP contribution in [0.15, 0.2) is 42.5 Å². The lowest BCUT2D eigenvalue weighted by atomic mass is 10.0. The van der Waals surface area contributed by atoms with E-state index >= 15 is 0 Å². The third kappa shape index (κ3) is 2.06. The van der Waals surface area contributed by atoms with E-state index in [0.29, 0.717) is 0 Å². The molecule has 98 valence electrons. The summed E-state index contributed by atoms with van der Waals surface area (Å²) in [7, 11) is 3.61. The molecule has 1 aliphatic heterocycles. The molecule has 2 aromatic carbocycles. The van der Waals surface area contributed by atoms with E-state index in [1.807, 2.05) is 25.2 Å². The Labute approximate surface area is 113 Å². The summed E-state index contributed by atoms with van der Waals surface area (Å²) in [5.41, 5.74) is 3.40. The lowest BCUT2D eigenvalue weighted by molar-refractivity contribution is 0.204. The topological polar surface area (TPSA) is 30.5 Å². The van der Waals surface area contributed by atoms with Gasteiger partial charge in [-0.05, 0) is 18.7 Å². The normalized spacial score (nSPS) is 16.8. The van der Waals surface area contributed by atoms with Crippen LogP contribution >= 0.6 is 0 Å². The molecule has 0 radical (unpaired) electrons. The molecule has 3 heteroatoms. The number of methoxy groups -OCH3 is 1. The fourth-order valence-corrected chi connectivity index (χ4v) is 2.51. The molecule has 1 unspecified atom stereocenters. The molecule has 0 spiro atoms. The molecule has 0 aromatic heterocycles. The van der Waals surface area contributed by atoms with Crippen molar-refractivity contribution in [3.8, 4) is 22.6 Å². The number of ether oxygens (including phenoxy) is 2. The third-order valence-electron chi connectivity index (χ3n) is 3.48. The van der Waals surface area contributed by atoms with Crippen molar-refractivity contribution < 1.29 is 9.47 Å². The highest BCUT2D eigenvalue weighted by molar-refractivity contribution is 5.77. The molecule has 1 N–H and O–H groups in total. The predicted molar refractivity (Wildman–Crippen MR) is 75.6 cm³/mol. The Hall–Kier alpha value is -2.00. The van der Waals surface area contributed by atoms with E-state index in [2.05, 4.69) is 29.6 Å². The van der Waals surface area contributed by atoms with E-state index in [0.717, 1.165) is 29.0 Å². The Morgan fingerprint density at radius 3 is 2.68 bits per heavy atom. The Morgan fingerprint density at radius 1 is 1.11 bits per heavy atom. The largest absolute Gasteiger partial charge is 0.496 e. The predicted octanol–water partition coefficient (Wildman–Crippen LogP) is 2.84. The van der Waals surface area contributed by atoms with Gasteiger partial charge in [0.15, 0.2) is 6.23 Å². The molecule has 1 aliphatic rings. The zero-order valence-electron chi connectivity index (χ0n) is 11.1. The van der Waals surface area contributed by atoms with Crippen molar-refractivity contribution in [2.45, 2.75) is 12.6 Å². The van der Waals surface area contributed by atoms with Crippen LogP contribution in [0.25, 0.3) is 11.1 Å². The maximum absolute atomic E-state index is 5.97. The van der Waals surface area contributed by atoms with Crippen LogP contribution in [0.3, 0.4) is 0 Å². The zero-order chi connectivity index (χ0) is 13.2. The van der Waals surface area contributed by atoms with Crippen LogP contribution in [0.1, 0.15) is 5.56 Å². The summed E-state index contributed by atoms with van der Waals surface area (Å²) < 4.78 is 11.4. The average Bonchev–Trinajstić information content (AvgIpc) is 2.90. The number of hydrogen-bond donors (Lipinski definition) is 1. The van der Waals surface area contributed by atoms with Crippen LogP contribution in [-0.2, 0) is 6.42 Å². The van der Waals surface area contributed by atoms with Gasteiger partial charge < -0.3 is 9.47 Å². The van der Waals surface area contributed by atoms with Gasteiger partial charge in [0, 0.05) is 17.5 Å². The van der Waals surface area contributed by atoms with Crippen LogP contribution in [-0.4, -0.2) is 20.4 Å². The summed E-state index contributed by atoms with van der Waals surface area (Å²) in [4.78, 5) is 0. The van der Waals surface area contributed by atoms with E-state index in [-0.39, 0.29) is 6.23 Å². The molecule has 0 saturated heterocycles. The quantitative estimate of drug-likeness (QED) is 0.914. The van der Waals surface area contributed by atoms with Crippen LogP contribution < -0.4 is 14.8 Å². The average molecular weight is 255 g/mol. The smallest absolute Gasteiger partial charge is 0.154 e. The van der Waals surface area contributed by atoms with E-state index in [4.69, 9.17) is 9.47 Å². The van der Waals surface area contributed by atoms with Gasteiger partial charge in [-0.25, -0.2) is 0 Å². The molecule has 0 bridgehead atoms. The molecule has 0 amide bonds. The second-order valence-corrected chi connectivity index (χ2v) is 4.59. The number of nitrogens with one attached hydrogen (secondary N) is 1. The van der Waals surface area contributed by atoms with E-state index in [9.17, 15) is 0 Å². The zero-order valence-corrected chi connectivity index (χ0v) is 11.1. The van der Waals surface area contributed by atoms with E-state index in [1.54, 1.807) is 7.11 Å². The lowest BCUT2D eigenvalue weighted by Crippen LogP contribution is -2.29. The number of para-hydroxylation sites is 2. The molecule has 1 atom stereocenters. The highest BCUT2D eigenvalue weighted by Gasteiger charge is 2.25. The van der Waals surface area contributed by atoms with Crippen molar-refractivity contribution in [1.82, 2.24) is 5.32 Å². The van der Waals surface area contributed by atoms with Gasteiger partial charge in [0.05, 0.1) is 7.11 Å². The lowest BCUT2D eigenvalue weighted by Gasteiger charge is -2.13. The highest BCUT2D eigenvalue weighted by Crippen LogP contribution is 2.41. The summed E-state index contributed by atoms with van der Waals surface area (Å²) in [6, 6.07) is 14.3. The van der Waals surface area contributed by atoms with Gasteiger partial charge in [-0.2, -0.15) is 0 Å². The van der Waals surface area contributed by atoms with Crippen molar-refractivity contribution in [2.75, 3.05) is 14.2 Å². The van der Waals surface area contributed by atoms with E-state index < -0.39 is 0 Å². The van der Waals surface area contributed by atoms with Crippen LogP contribution in [0, 0.1) is 0 Å². The summed E-state index contributed by atoms with van der Waals surface area (Å²) in [5.74, 6) is 1.83. The van der Waals surface area contributed by atoms with Crippen LogP contribution in [0.2, 0.25) is 0 Å². The third-order valence-corrected chi connectivity index (χ3v) is 3.48. The highest BCUT2D eigenvalue weighted by atomic mass is 16.5. The first-order chi connectivity index (χ1) is 9.33. The van der Waals surface area contributed by atoms with Crippen molar-refractivity contribution in [2.24, 2.45) is 0 Å². The van der Waals surface area contributed by atoms with Crippen molar-refractivity contribution in [3.05, 3.63) is 48.0 Å². The van der Waals surface area contributed by atoms with Gasteiger partial charge in [-0.1, -0.05) is 36.4 Å². The molecule has 1 heterocycles. The summed E-state index contributed by atoms with van der Waals surface area (Å²) in [5, 5.41) is 3.16. The Kier molecular flexibility index (Phi) is 3.13. The van der Waals surface area contributed by atoms with Gasteiger partial charge in [-0.15, -0.1) is 0 Å². The Bertz CT molecular complexity index is 595. The minimum absolute atomic E-state index is 0.0610. The summed E-state index contributed by atoms with van der Waals surface area (Å²) >= 11 is 0. The minimum Gasteiger partial charge on any atom is -0.496 e. The maximum atomic E-state index is 5.97. The molecule has 0 saturated carbocycles. The van der Waals surface area contributed by atoms with E-state index in [1.165, 1.54) is 5.56 Å². The van der Waals surface area contributed by atoms with Crippen LogP contribution in [0.5, 0.6) is 11.5 Å². The van der Waals surface area contributed by atoms with Gasteiger partial charge in [0.2, 0.25) is 0 Å². The number of likely N-dealkylation sites (N-methyl/N-ethyl adjacent to an activating group) is 1. The Morgan fingerprint density at radius 2 is 1.89 bits per heavy atom. The molecule has 3 rings (SSSR count). The molecule has 2 aromatic rings. The molecule has 0 aliphatic carbocycles. The fourth-order valence-electron chi connectivity index (χ4n) is 2.51. The second-order valence-electron chi connectivity index (χ2n) is 4.59. The number of fused-ring (bicyclic) bond motifs is 1. The molecule has 3 nitrogen and oxygen atoms in total. The molecule has 0 fully saturated rings. The summed E-state index contributed by atoms with van der Waals surface area (Å²) in [6.07, 6.45) is 0.959. The van der Waals surface area contributed by atoms with Gasteiger partial charge >= 0.3 is 0 Å². The summed E-state index contributed by atoms with van der Waals surface area (Å²) in [6.45, 7) is 0. The van der Waals surface area contributed by atoms with Crippen molar-refractivity contribution in [3.63, 3.8) is 0 Å². The first kappa shape index (κ1) is 12.1. The Balaban J connectivity index is 2.10. The number of benzene rings is 2. The standard InChI is InChI=1S/C16H17NO2/c1-17-15-10-11-6-5-8-13(16(11)19-15)12-7-3-4-9-14(12)18-2/h3-9,15,17H,10H2,1-2H3. The van der Waals surface area contributed by atoms with Crippen molar-refractivity contribution in [1.29, 1.82) is 0 Å². The first-order valence-corrected chi connectivity index (χ1v) is 6.42. The monoisotopic (exact) mass is 255 g/mol. The second kappa shape index (κ2) is 4.94. The van der Waals surface area contributed by atoms with Crippen molar-refractivity contribution >= 4 is 0 Å². The fraction of sp³-hybridized carbons (Fsp3) is 0.250. The molecular formula is C16H17NO2.